The average Bonchev–Trinajstić information content (AvgIpc) is 2.46. The number of rotatable bonds is 6. The van der Waals surface area contributed by atoms with Gasteiger partial charge in [0.2, 0.25) is 0 Å². The van der Waals surface area contributed by atoms with E-state index in [0.717, 1.165) is 22.3 Å². The molecule has 0 radical (unpaired) electrons. The molecule has 2 rings (SSSR count). The van der Waals surface area contributed by atoms with Gasteiger partial charge in [-0.3, -0.25) is 9.78 Å². The Morgan fingerprint density at radius 1 is 1.52 bits per heavy atom. The summed E-state index contributed by atoms with van der Waals surface area (Å²) in [7, 11) is 1.61. The van der Waals surface area contributed by atoms with E-state index < -0.39 is 10.8 Å². The van der Waals surface area contributed by atoms with Crippen LogP contribution in [0.3, 0.4) is 0 Å². The lowest BCUT2D eigenvalue weighted by molar-refractivity contribution is -0.136. The van der Waals surface area contributed by atoms with Gasteiger partial charge in [-0.05, 0) is 25.5 Å². The zero-order valence-electron chi connectivity index (χ0n) is 11.8. The van der Waals surface area contributed by atoms with Gasteiger partial charge in [0.1, 0.15) is 10.6 Å². The van der Waals surface area contributed by atoms with Crippen LogP contribution in [0.5, 0.6) is 5.75 Å². The number of aromatic nitrogens is 1. The van der Waals surface area contributed by atoms with Crippen LogP contribution < -0.4 is 10.1 Å². The van der Waals surface area contributed by atoms with Gasteiger partial charge in [-0.1, -0.05) is 22.0 Å². The fourth-order valence-corrected chi connectivity index (χ4v) is 2.69. The molecule has 2 atom stereocenters. The molecule has 0 bridgehead atoms. The first kappa shape index (κ1) is 15.6. The maximum atomic E-state index is 10.9. The Labute approximate surface area is 131 Å². The number of nitrogens with one attached hydrogen (secondary N) is 1. The molecule has 0 aliphatic rings. The number of nitrogens with zero attached hydrogens (tertiary/aromatic N) is 1. The molecular formula is C15H17BrN2O3. The van der Waals surface area contributed by atoms with Crippen LogP contribution in [0.4, 0.5) is 5.69 Å². The fraction of sp³-hybridized carbons (Fsp3) is 0.333. The van der Waals surface area contributed by atoms with Gasteiger partial charge in [0, 0.05) is 23.7 Å². The highest BCUT2D eigenvalue weighted by Gasteiger charge is 2.17. The predicted octanol–water partition coefficient (Wildman–Crippen LogP) is 3.28. The summed E-state index contributed by atoms with van der Waals surface area (Å²) in [6, 6.07) is 7.60. The van der Waals surface area contributed by atoms with E-state index >= 15 is 0 Å². The number of anilines is 1. The van der Waals surface area contributed by atoms with E-state index in [1.807, 2.05) is 31.2 Å². The molecule has 2 aromatic rings. The molecule has 0 saturated heterocycles. The van der Waals surface area contributed by atoms with Gasteiger partial charge in [-0.15, -0.1) is 0 Å². The third-order valence-electron chi connectivity index (χ3n) is 3.14. The Hall–Kier alpha value is -1.82. The van der Waals surface area contributed by atoms with E-state index in [9.17, 15) is 4.79 Å². The van der Waals surface area contributed by atoms with Crippen molar-refractivity contribution in [3.05, 3.63) is 30.5 Å². The number of alkyl halides is 1. The van der Waals surface area contributed by atoms with Crippen LogP contribution in [0.1, 0.15) is 13.3 Å². The topological polar surface area (TPSA) is 71.5 Å². The SMILES string of the molecule is COc1cc(NC(C)CC(Br)C(=O)O)c2ncccc2c1. The molecule has 0 fully saturated rings. The molecule has 0 spiro atoms. The Kier molecular flexibility index (Phi) is 5.01. The van der Waals surface area contributed by atoms with E-state index in [2.05, 4.69) is 26.2 Å². The van der Waals surface area contributed by atoms with Gasteiger partial charge in [0.15, 0.2) is 0 Å². The zero-order chi connectivity index (χ0) is 15.4. The van der Waals surface area contributed by atoms with Crippen LogP contribution >= 0.6 is 15.9 Å². The molecule has 112 valence electrons. The molecule has 1 aromatic heterocycles. The molecule has 5 nitrogen and oxygen atoms in total. The molecule has 0 aliphatic carbocycles. The van der Waals surface area contributed by atoms with Gasteiger partial charge in [0.05, 0.1) is 18.3 Å². The summed E-state index contributed by atoms with van der Waals surface area (Å²) in [4.78, 5) is 14.7. The zero-order valence-corrected chi connectivity index (χ0v) is 13.4. The Morgan fingerprint density at radius 2 is 2.29 bits per heavy atom. The van der Waals surface area contributed by atoms with E-state index in [1.165, 1.54) is 0 Å². The Balaban J connectivity index is 2.26. The van der Waals surface area contributed by atoms with E-state index in [0.29, 0.717) is 6.42 Å². The monoisotopic (exact) mass is 352 g/mol. The number of carboxylic acids is 1. The quantitative estimate of drug-likeness (QED) is 0.780. The normalized spacial score (nSPS) is 13.7. The number of ether oxygens (including phenoxy) is 1. The van der Waals surface area contributed by atoms with E-state index in [4.69, 9.17) is 9.84 Å². The molecule has 1 heterocycles. The lowest BCUT2D eigenvalue weighted by Crippen LogP contribution is -2.24. The van der Waals surface area contributed by atoms with Crippen molar-refractivity contribution in [2.75, 3.05) is 12.4 Å². The van der Waals surface area contributed by atoms with Crippen molar-refractivity contribution < 1.29 is 14.6 Å². The standard InChI is InChI=1S/C15H17BrN2O3/c1-9(6-12(16)15(19)20)18-13-8-11(21-2)7-10-4-3-5-17-14(10)13/h3-5,7-9,12,18H,6H2,1-2H3,(H,19,20). The maximum Gasteiger partial charge on any atom is 0.317 e. The van der Waals surface area contributed by atoms with E-state index in [-0.39, 0.29) is 6.04 Å². The molecule has 0 saturated carbocycles. The largest absolute Gasteiger partial charge is 0.497 e. The van der Waals surface area contributed by atoms with Gasteiger partial charge in [-0.25, -0.2) is 0 Å². The number of pyridine rings is 1. The van der Waals surface area contributed by atoms with Crippen molar-refractivity contribution in [3.63, 3.8) is 0 Å². The van der Waals surface area contributed by atoms with Crippen LogP contribution in [0, 0.1) is 0 Å². The van der Waals surface area contributed by atoms with E-state index in [1.54, 1.807) is 13.3 Å². The minimum atomic E-state index is -0.864. The highest BCUT2D eigenvalue weighted by Crippen LogP contribution is 2.28. The fourth-order valence-electron chi connectivity index (χ4n) is 2.13. The number of aliphatic carboxylic acids is 1. The second-order valence-electron chi connectivity index (χ2n) is 4.84. The summed E-state index contributed by atoms with van der Waals surface area (Å²) < 4.78 is 5.29. The van der Waals surface area contributed by atoms with Crippen LogP contribution in [0.2, 0.25) is 0 Å². The number of methoxy groups -OCH3 is 1. The first-order valence-electron chi connectivity index (χ1n) is 6.57. The van der Waals surface area contributed by atoms with Crippen molar-refractivity contribution >= 4 is 38.5 Å². The molecule has 0 amide bonds. The summed E-state index contributed by atoms with van der Waals surface area (Å²) in [5, 5.41) is 13.2. The summed E-state index contributed by atoms with van der Waals surface area (Å²) in [6.07, 6.45) is 2.19. The number of benzene rings is 1. The first-order valence-corrected chi connectivity index (χ1v) is 7.49. The highest BCUT2D eigenvalue weighted by molar-refractivity contribution is 9.10. The Morgan fingerprint density at radius 3 is 2.95 bits per heavy atom. The van der Waals surface area contributed by atoms with Crippen molar-refractivity contribution in [2.45, 2.75) is 24.2 Å². The summed E-state index contributed by atoms with van der Waals surface area (Å²) in [5.41, 5.74) is 1.68. The minimum absolute atomic E-state index is 0.0252. The number of hydrogen-bond acceptors (Lipinski definition) is 4. The molecule has 0 aliphatic heterocycles. The molecule has 1 aromatic carbocycles. The van der Waals surface area contributed by atoms with Gasteiger partial charge in [-0.2, -0.15) is 0 Å². The predicted molar refractivity (Wildman–Crippen MR) is 86.3 cm³/mol. The van der Waals surface area contributed by atoms with Crippen LogP contribution in [0.25, 0.3) is 10.9 Å². The van der Waals surface area contributed by atoms with Crippen LogP contribution in [-0.4, -0.2) is 34.0 Å². The second-order valence-corrected chi connectivity index (χ2v) is 5.94. The van der Waals surface area contributed by atoms with Gasteiger partial charge < -0.3 is 15.2 Å². The average molecular weight is 353 g/mol. The lowest BCUT2D eigenvalue weighted by atomic mass is 10.1. The van der Waals surface area contributed by atoms with Crippen molar-refractivity contribution in [1.82, 2.24) is 4.98 Å². The summed E-state index contributed by atoms with van der Waals surface area (Å²) in [6.45, 7) is 1.94. The summed E-state index contributed by atoms with van der Waals surface area (Å²) >= 11 is 3.15. The molecule has 6 heteroatoms. The minimum Gasteiger partial charge on any atom is -0.497 e. The third-order valence-corrected chi connectivity index (χ3v) is 3.91. The molecule has 21 heavy (non-hydrogen) atoms. The van der Waals surface area contributed by atoms with Crippen LogP contribution in [-0.2, 0) is 4.79 Å². The number of fused-ring (bicyclic) bond motifs is 1. The van der Waals surface area contributed by atoms with Gasteiger partial charge >= 0.3 is 5.97 Å². The first-order chi connectivity index (χ1) is 10.0. The van der Waals surface area contributed by atoms with Crippen LogP contribution in [0.15, 0.2) is 30.5 Å². The third kappa shape index (κ3) is 3.85. The van der Waals surface area contributed by atoms with Crippen molar-refractivity contribution in [3.8, 4) is 5.75 Å². The second kappa shape index (κ2) is 6.76. The van der Waals surface area contributed by atoms with Gasteiger partial charge in [0.25, 0.3) is 0 Å². The number of carboxylic acid groups (broad SMARTS) is 1. The number of carbonyl (C=O) groups is 1. The molecule has 2 N–H and O–H groups in total. The Bertz CT molecular complexity index is 648. The van der Waals surface area contributed by atoms with Crippen molar-refractivity contribution in [2.24, 2.45) is 0 Å². The molecular weight excluding hydrogens is 336 g/mol. The maximum absolute atomic E-state index is 10.9. The highest BCUT2D eigenvalue weighted by atomic mass is 79.9. The van der Waals surface area contributed by atoms with Crippen molar-refractivity contribution in [1.29, 1.82) is 0 Å². The number of halogens is 1. The number of hydrogen-bond donors (Lipinski definition) is 2. The smallest absolute Gasteiger partial charge is 0.317 e. The summed E-state index contributed by atoms with van der Waals surface area (Å²) in [5.74, 6) is -0.129. The molecule has 2 unspecified atom stereocenters. The lowest BCUT2D eigenvalue weighted by Gasteiger charge is -2.18.